The summed E-state index contributed by atoms with van der Waals surface area (Å²) in [6.45, 7) is 0. The van der Waals surface area contributed by atoms with Crippen molar-refractivity contribution < 1.29 is 4.79 Å². The van der Waals surface area contributed by atoms with Crippen molar-refractivity contribution in [2.24, 2.45) is 0 Å². The Bertz CT molecular complexity index is 451. The fraction of sp³-hybridized carbons (Fsp3) is 0. The van der Waals surface area contributed by atoms with Gasteiger partial charge in [-0.15, -0.1) is 5.10 Å². The third kappa shape index (κ3) is 1.56. The molecule has 0 aliphatic carbocycles. The second kappa shape index (κ2) is 3.67. The zero-order chi connectivity index (χ0) is 9.97. The van der Waals surface area contributed by atoms with E-state index in [4.69, 9.17) is 0 Å². The minimum Gasteiger partial charge on any atom is -0.294 e. The molecule has 1 heterocycles. The second-order valence-electron chi connectivity index (χ2n) is 2.54. The summed E-state index contributed by atoms with van der Waals surface area (Å²) in [5.41, 5.74) is 0.750. The maximum atomic E-state index is 10.6. The van der Waals surface area contributed by atoms with Crippen LogP contribution in [0.4, 0.5) is 0 Å². The van der Waals surface area contributed by atoms with Gasteiger partial charge in [0.05, 0.1) is 5.69 Å². The summed E-state index contributed by atoms with van der Waals surface area (Å²) in [5, 5.41) is 10.7. The molecule has 0 bridgehead atoms. The van der Waals surface area contributed by atoms with Gasteiger partial charge in [-0.2, -0.15) is 4.68 Å². The van der Waals surface area contributed by atoms with Crippen LogP contribution < -0.4 is 0 Å². The number of carbonyl (C=O) groups is 1. The van der Waals surface area contributed by atoms with Gasteiger partial charge in [-0.25, -0.2) is 0 Å². The molecule has 0 fully saturated rings. The molecule has 1 aromatic heterocycles. The summed E-state index contributed by atoms with van der Waals surface area (Å²) in [6, 6.07) is 7.33. The Labute approximate surface area is 87.9 Å². The van der Waals surface area contributed by atoms with Gasteiger partial charge in [0.25, 0.3) is 0 Å². The quantitative estimate of drug-likeness (QED) is 0.755. The van der Waals surface area contributed by atoms with E-state index in [0.29, 0.717) is 6.29 Å². The van der Waals surface area contributed by atoms with Crippen molar-refractivity contribution in [3.05, 3.63) is 34.6 Å². The first-order chi connectivity index (χ1) is 6.81. The molecule has 14 heavy (non-hydrogen) atoms. The van der Waals surface area contributed by atoms with E-state index in [2.05, 4.69) is 31.5 Å². The average Bonchev–Trinajstić information content (AvgIpc) is 2.67. The van der Waals surface area contributed by atoms with Crippen LogP contribution in [-0.2, 0) is 0 Å². The number of hydrogen-bond donors (Lipinski definition) is 0. The first-order valence-corrected chi connectivity index (χ1v) is 4.60. The minimum atomic E-state index is 0.187. The van der Waals surface area contributed by atoms with Gasteiger partial charge in [0.2, 0.25) is 5.82 Å². The number of carbonyl (C=O) groups excluding carboxylic acids is 1. The van der Waals surface area contributed by atoms with E-state index in [-0.39, 0.29) is 5.82 Å². The first-order valence-electron chi connectivity index (χ1n) is 3.81. The molecule has 0 unspecified atom stereocenters. The van der Waals surface area contributed by atoms with Crippen LogP contribution in [0.1, 0.15) is 10.6 Å². The number of aromatic nitrogens is 4. The molecule has 0 aliphatic heterocycles. The topological polar surface area (TPSA) is 60.7 Å². The van der Waals surface area contributed by atoms with Gasteiger partial charge in [-0.05, 0) is 34.7 Å². The van der Waals surface area contributed by atoms with Crippen molar-refractivity contribution >= 4 is 22.2 Å². The maximum absolute atomic E-state index is 10.6. The highest BCUT2D eigenvalue weighted by Crippen LogP contribution is 2.13. The predicted octanol–water partition coefficient (Wildman–Crippen LogP) is 1.24. The number of hydrogen-bond acceptors (Lipinski definition) is 4. The van der Waals surface area contributed by atoms with Gasteiger partial charge in [0.15, 0.2) is 6.29 Å². The summed E-state index contributed by atoms with van der Waals surface area (Å²) in [7, 11) is 0. The van der Waals surface area contributed by atoms with Crippen LogP contribution in [-0.4, -0.2) is 26.5 Å². The molecule has 0 atom stereocenters. The lowest BCUT2D eigenvalue weighted by molar-refractivity contribution is 0.111. The molecule has 0 saturated carbocycles. The van der Waals surface area contributed by atoms with Crippen molar-refractivity contribution in [2.75, 3.05) is 0 Å². The lowest BCUT2D eigenvalue weighted by Gasteiger charge is -1.99. The van der Waals surface area contributed by atoms with Gasteiger partial charge < -0.3 is 0 Å². The number of tetrazole rings is 1. The average molecular weight is 253 g/mol. The molecule has 0 N–H and O–H groups in total. The molecular weight excluding hydrogens is 248 g/mol. The highest BCUT2D eigenvalue weighted by Gasteiger charge is 2.05. The van der Waals surface area contributed by atoms with Crippen LogP contribution in [0.3, 0.4) is 0 Å². The van der Waals surface area contributed by atoms with Crippen LogP contribution in [0.5, 0.6) is 0 Å². The molecule has 2 rings (SSSR count). The van der Waals surface area contributed by atoms with Crippen molar-refractivity contribution in [2.45, 2.75) is 0 Å². The summed E-state index contributed by atoms with van der Waals surface area (Å²) in [4.78, 5) is 10.6. The van der Waals surface area contributed by atoms with Gasteiger partial charge >= 0.3 is 0 Å². The number of aldehydes is 1. The third-order valence-corrected chi connectivity index (χ3v) is 2.20. The van der Waals surface area contributed by atoms with E-state index in [1.807, 2.05) is 24.3 Å². The normalized spacial score (nSPS) is 10.1. The van der Waals surface area contributed by atoms with E-state index < -0.39 is 0 Å². The minimum absolute atomic E-state index is 0.187. The van der Waals surface area contributed by atoms with Crippen molar-refractivity contribution in [3.63, 3.8) is 0 Å². The summed E-state index contributed by atoms with van der Waals surface area (Å²) < 4.78 is 2.33. The smallest absolute Gasteiger partial charge is 0.219 e. The SMILES string of the molecule is O=Cc1nnnn1-c1ccc(Br)cc1. The zero-order valence-corrected chi connectivity index (χ0v) is 8.55. The Morgan fingerprint density at radius 1 is 1.29 bits per heavy atom. The van der Waals surface area contributed by atoms with E-state index in [9.17, 15) is 4.79 Å². The standard InChI is InChI=1S/C8H5BrN4O/c9-6-1-3-7(4-2-6)13-8(5-14)10-11-12-13/h1-5H. The van der Waals surface area contributed by atoms with Crippen LogP contribution in [0.25, 0.3) is 5.69 Å². The van der Waals surface area contributed by atoms with Gasteiger partial charge in [-0.1, -0.05) is 15.9 Å². The molecule has 0 radical (unpaired) electrons. The first kappa shape index (κ1) is 9.01. The van der Waals surface area contributed by atoms with Gasteiger partial charge in [-0.3, -0.25) is 4.79 Å². The number of nitrogens with zero attached hydrogens (tertiary/aromatic N) is 4. The highest BCUT2D eigenvalue weighted by molar-refractivity contribution is 9.10. The Balaban J connectivity index is 2.49. The summed E-state index contributed by atoms with van der Waals surface area (Å²) >= 11 is 3.31. The van der Waals surface area contributed by atoms with E-state index >= 15 is 0 Å². The molecule has 0 saturated heterocycles. The molecule has 1 aromatic carbocycles. The third-order valence-electron chi connectivity index (χ3n) is 1.67. The van der Waals surface area contributed by atoms with E-state index in [1.54, 1.807) is 0 Å². The Kier molecular flexibility index (Phi) is 2.36. The number of rotatable bonds is 2. The molecule has 0 spiro atoms. The molecule has 5 nitrogen and oxygen atoms in total. The van der Waals surface area contributed by atoms with E-state index in [0.717, 1.165) is 10.2 Å². The largest absolute Gasteiger partial charge is 0.294 e. The lowest BCUT2D eigenvalue weighted by Crippen LogP contribution is -2.01. The molecule has 0 aliphatic rings. The molecule has 0 amide bonds. The van der Waals surface area contributed by atoms with Crippen molar-refractivity contribution in [1.82, 2.24) is 20.2 Å². The highest BCUT2D eigenvalue weighted by atomic mass is 79.9. The van der Waals surface area contributed by atoms with Crippen LogP contribution >= 0.6 is 15.9 Å². The van der Waals surface area contributed by atoms with Crippen molar-refractivity contribution in [1.29, 1.82) is 0 Å². The number of halogens is 1. The summed E-state index contributed by atoms with van der Waals surface area (Å²) in [6.07, 6.45) is 0.613. The molecule has 6 heteroatoms. The fourth-order valence-corrected chi connectivity index (χ4v) is 1.30. The maximum Gasteiger partial charge on any atom is 0.219 e. The number of benzene rings is 1. The van der Waals surface area contributed by atoms with Crippen LogP contribution in [0, 0.1) is 0 Å². The van der Waals surface area contributed by atoms with E-state index in [1.165, 1.54) is 4.68 Å². The fourth-order valence-electron chi connectivity index (χ4n) is 1.03. The van der Waals surface area contributed by atoms with Gasteiger partial charge in [0.1, 0.15) is 0 Å². The lowest BCUT2D eigenvalue weighted by atomic mass is 10.3. The molecular formula is C8H5BrN4O. The zero-order valence-electron chi connectivity index (χ0n) is 6.96. The second-order valence-corrected chi connectivity index (χ2v) is 3.46. The van der Waals surface area contributed by atoms with Gasteiger partial charge in [0, 0.05) is 4.47 Å². The Morgan fingerprint density at radius 2 is 2.00 bits per heavy atom. The summed E-state index contributed by atoms with van der Waals surface area (Å²) in [5.74, 6) is 0.187. The molecule has 2 aromatic rings. The Hall–Kier alpha value is -1.56. The monoisotopic (exact) mass is 252 g/mol. The van der Waals surface area contributed by atoms with Crippen molar-refractivity contribution in [3.8, 4) is 5.69 Å². The van der Waals surface area contributed by atoms with Crippen LogP contribution in [0.2, 0.25) is 0 Å². The predicted molar refractivity (Wildman–Crippen MR) is 52.2 cm³/mol. The Morgan fingerprint density at radius 3 is 2.64 bits per heavy atom. The van der Waals surface area contributed by atoms with Crippen LogP contribution in [0.15, 0.2) is 28.7 Å². The molecule has 70 valence electrons.